The van der Waals surface area contributed by atoms with Crippen LogP contribution in [0.25, 0.3) is 0 Å². The van der Waals surface area contributed by atoms with Crippen LogP contribution in [0.5, 0.6) is 0 Å². The second kappa shape index (κ2) is 6.20. The van der Waals surface area contributed by atoms with Crippen molar-refractivity contribution < 1.29 is 4.79 Å². The Labute approximate surface area is 111 Å². The van der Waals surface area contributed by atoms with Gasteiger partial charge < -0.3 is 4.90 Å². The number of nitrogens with zero attached hydrogens (tertiary/aromatic N) is 1. The fourth-order valence-corrected chi connectivity index (χ4v) is 2.41. The molecule has 0 radical (unpaired) electrons. The molecule has 1 aliphatic carbocycles. The lowest BCUT2D eigenvalue weighted by molar-refractivity contribution is -0.131. The molecule has 0 saturated heterocycles. The lowest BCUT2D eigenvalue weighted by atomic mass is 10.1. The fourth-order valence-electron chi connectivity index (χ4n) is 2.03. The zero-order chi connectivity index (χ0) is 12.1. The van der Waals surface area contributed by atoms with Crippen molar-refractivity contribution in [1.82, 2.24) is 4.90 Å². The van der Waals surface area contributed by atoms with E-state index in [9.17, 15) is 4.79 Å². The zero-order valence-electron chi connectivity index (χ0n) is 9.94. The number of rotatable bonds is 6. The van der Waals surface area contributed by atoms with Gasteiger partial charge in [-0.3, -0.25) is 4.79 Å². The second-order valence-electron chi connectivity index (χ2n) is 4.49. The number of amides is 1. The van der Waals surface area contributed by atoms with Crippen LogP contribution < -0.4 is 0 Å². The molecule has 0 atom stereocenters. The van der Waals surface area contributed by atoms with Crippen LogP contribution in [0.2, 0.25) is 0 Å². The Kier molecular flexibility index (Phi) is 4.60. The predicted octanol–water partition coefficient (Wildman–Crippen LogP) is 3.01. The minimum atomic E-state index is 0.302. The Morgan fingerprint density at radius 3 is 2.59 bits per heavy atom. The van der Waals surface area contributed by atoms with Crippen molar-refractivity contribution in [1.29, 1.82) is 0 Å². The van der Waals surface area contributed by atoms with Crippen molar-refractivity contribution in [3.05, 3.63) is 35.9 Å². The number of carbonyl (C=O) groups excluding carboxylic acids is 1. The summed E-state index contributed by atoms with van der Waals surface area (Å²) in [6, 6.07) is 10.7. The summed E-state index contributed by atoms with van der Waals surface area (Å²) in [5.41, 5.74) is 1.25. The monoisotopic (exact) mass is 295 g/mol. The van der Waals surface area contributed by atoms with Crippen LogP contribution in [0.3, 0.4) is 0 Å². The minimum Gasteiger partial charge on any atom is -0.339 e. The van der Waals surface area contributed by atoms with Gasteiger partial charge in [-0.15, -0.1) is 0 Å². The molecule has 1 aliphatic rings. The normalized spacial score (nSPS) is 14.6. The third kappa shape index (κ3) is 3.84. The average molecular weight is 296 g/mol. The molecule has 1 aromatic rings. The number of alkyl halides is 1. The topological polar surface area (TPSA) is 20.3 Å². The lowest BCUT2D eigenvalue weighted by Crippen LogP contribution is -2.34. The first-order chi connectivity index (χ1) is 8.31. The van der Waals surface area contributed by atoms with Gasteiger partial charge >= 0.3 is 0 Å². The number of carbonyl (C=O) groups is 1. The van der Waals surface area contributed by atoms with E-state index in [1.54, 1.807) is 0 Å². The first-order valence-corrected chi connectivity index (χ1v) is 7.33. The summed E-state index contributed by atoms with van der Waals surface area (Å²) in [6.45, 7) is 0.846. The third-order valence-corrected chi connectivity index (χ3v) is 3.46. The van der Waals surface area contributed by atoms with Gasteiger partial charge in [0.2, 0.25) is 5.91 Å². The van der Waals surface area contributed by atoms with E-state index < -0.39 is 0 Å². The van der Waals surface area contributed by atoms with Gasteiger partial charge in [0.05, 0.1) is 0 Å². The lowest BCUT2D eigenvalue weighted by Gasteiger charge is -2.21. The van der Waals surface area contributed by atoms with Crippen LogP contribution >= 0.6 is 15.9 Å². The largest absolute Gasteiger partial charge is 0.339 e. The molecule has 3 heteroatoms. The molecular formula is C14H18BrNO. The molecule has 92 valence electrons. The van der Waals surface area contributed by atoms with Crippen molar-refractivity contribution in [3.63, 3.8) is 0 Å². The summed E-state index contributed by atoms with van der Waals surface area (Å²) in [5.74, 6) is 0.302. The predicted molar refractivity (Wildman–Crippen MR) is 73.3 cm³/mol. The molecule has 17 heavy (non-hydrogen) atoms. The molecule has 0 heterocycles. The molecule has 0 bridgehead atoms. The maximum atomic E-state index is 12.1. The van der Waals surface area contributed by atoms with E-state index in [0.717, 1.165) is 18.3 Å². The third-order valence-electron chi connectivity index (χ3n) is 3.10. The summed E-state index contributed by atoms with van der Waals surface area (Å²) < 4.78 is 0. The number of hydrogen-bond donors (Lipinski definition) is 0. The van der Waals surface area contributed by atoms with Crippen molar-refractivity contribution in [2.75, 3.05) is 11.9 Å². The van der Waals surface area contributed by atoms with Crippen molar-refractivity contribution in [2.45, 2.75) is 31.7 Å². The molecule has 1 aromatic carbocycles. The van der Waals surface area contributed by atoms with Crippen molar-refractivity contribution in [3.8, 4) is 0 Å². The smallest absolute Gasteiger partial charge is 0.223 e. The van der Waals surface area contributed by atoms with E-state index in [1.807, 2.05) is 23.1 Å². The molecule has 0 aliphatic heterocycles. The van der Waals surface area contributed by atoms with Crippen LogP contribution in [-0.4, -0.2) is 28.7 Å². The van der Waals surface area contributed by atoms with E-state index in [1.165, 1.54) is 18.4 Å². The molecule has 2 rings (SSSR count). The maximum Gasteiger partial charge on any atom is 0.223 e. The molecule has 0 unspecified atom stereocenters. The van der Waals surface area contributed by atoms with Gasteiger partial charge in [-0.05, 0) is 24.8 Å². The Morgan fingerprint density at radius 1 is 1.29 bits per heavy atom. The maximum absolute atomic E-state index is 12.1. The van der Waals surface area contributed by atoms with E-state index in [4.69, 9.17) is 0 Å². The molecule has 2 nitrogen and oxygen atoms in total. The molecular weight excluding hydrogens is 278 g/mol. The summed E-state index contributed by atoms with van der Waals surface area (Å²) >= 11 is 3.42. The van der Waals surface area contributed by atoms with Crippen molar-refractivity contribution in [2.24, 2.45) is 0 Å². The quantitative estimate of drug-likeness (QED) is 0.739. The van der Waals surface area contributed by atoms with Gasteiger partial charge in [0.1, 0.15) is 0 Å². The Hall–Kier alpha value is -0.830. The standard InChI is InChI=1S/C14H18BrNO/c15-10-11-16(13-7-8-13)14(17)9-6-12-4-2-1-3-5-12/h1-5,13H,6-11H2. The number of hydrogen-bond acceptors (Lipinski definition) is 1. The van der Waals surface area contributed by atoms with Gasteiger partial charge in [-0.1, -0.05) is 46.3 Å². The summed E-state index contributed by atoms with van der Waals surface area (Å²) in [4.78, 5) is 14.1. The van der Waals surface area contributed by atoms with E-state index >= 15 is 0 Å². The summed E-state index contributed by atoms with van der Waals surface area (Å²) in [7, 11) is 0. The van der Waals surface area contributed by atoms with Crippen LogP contribution in [0, 0.1) is 0 Å². The fraction of sp³-hybridized carbons (Fsp3) is 0.500. The van der Waals surface area contributed by atoms with Crippen molar-refractivity contribution >= 4 is 21.8 Å². The van der Waals surface area contributed by atoms with E-state index in [-0.39, 0.29) is 0 Å². The molecule has 1 amide bonds. The minimum absolute atomic E-state index is 0.302. The van der Waals surface area contributed by atoms with Crippen LogP contribution in [0.15, 0.2) is 30.3 Å². The number of aryl methyl sites for hydroxylation is 1. The number of halogens is 1. The molecule has 1 saturated carbocycles. The molecule has 0 spiro atoms. The SMILES string of the molecule is O=C(CCc1ccccc1)N(CCBr)C1CC1. The molecule has 1 fully saturated rings. The highest BCUT2D eigenvalue weighted by atomic mass is 79.9. The average Bonchev–Trinajstić information content (AvgIpc) is 3.18. The molecule has 0 N–H and O–H groups in total. The highest BCUT2D eigenvalue weighted by Crippen LogP contribution is 2.27. The first kappa shape index (κ1) is 12.6. The van der Waals surface area contributed by atoms with Gasteiger partial charge in [0.15, 0.2) is 0 Å². The van der Waals surface area contributed by atoms with E-state index in [0.29, 0.717) is 18.4 Å². The molecule has 0 aromatic heterocycles. The van der Waals surface area contributed by atoms with Gasteiger partial charge in [0.25, 0.3) is 0 Å². The van der Waals surface area contributed by atoms with E-state index in [2.05, 4.69) is 28.1 Å². The Balaban J connectivity index is 1.83. The Morgan fingerprint density at radius 2 is 2.00 bits per heavy atom. The van der Waals surface area contributed by atoms with Crippen LogP contribution in [-0.2, 0) is 11.2 Å². The van der Waals surface area contributed by atoms with Crippen LogP contribution in [0.1, 0.15) is 24.8 Å². The van der Waals surface area contributed by atoms with Gasteiger partial charge in [-0.25, -0.2) is 0 Å². The highest BCUT2D eigenvalue weighted by molar-refractivity contribution is 9.09. The Bertz CT molecular complexity index is 362. The second-order valence-corrected chi connectivity index (χ2v) is 5.29. The number of benzene rings is 1. The van der Waals surface area contributed by atoms with Gasteiger partial charge in [0, 0.05) is 24.3 Å². The highest BCUT2D eigenvalue weighted by Gasteiger charge is 2.31. The first-order valence-electron chi connectivity index (χ1n) is 6.20. The zero-order valence-corrected chi connectivity index (χ0v) is 11.5. The van der Waals surface area contributed by atoms with Crippen LogP contribution in [0.4, 0.5) is 0 Å². The summed E-state index contributed by atoms with van der Waals surface area (Å²) in [6.07, 6.45) is 3.85. The summed E-state index contributed by atoms with van der Waals surface area (Å²) in [5, 5.41) is 0.876. The van der Waals surface area contributed by atoms with Gasteiger partial charge in [-0.2, -0.15) is 0 Å².